The van der Waals surface area contributed by atoms with Crippen molar-refractivity contribution in [2.24, 2.45) is 23.0 Å². The minimum Gasteiger partial charge on any atom is -0.465 e. The molecule has 0 spiro atoms. The van der Waals surface area contributed by atoms with Crippen LogP contribution in [0.5, 0.6) is 0 Å². The minimum absolute atomic E-state index is 0.0331. The fraction of sp³-hybridized carbons (Fsp3) is 0.552. The molecule has 1 fully saturated rings. The van der Waals surface area contributed by atoms with Crippen LogP contribution >= 0.6 is 0 Å². The summed E-state index contributed by atoms with van der Waals surface area (Å²) >= 11 is 0. The van der Waals surface area contributed by atoms with E-state index in [2.05, 4.69) is 31.3 Å². The molecular weight excluding hydrogens is 1080 g/mol. The number of urea groups is 1. The number of unbranched alkanes of at least 4 members (excludes halogenated alkanes) is 2. The van der Waals surface area contributed by atoms with Crippen LogP contribution in [-0.2, 0) is 59.3 Å². The van der Waals surface area contributed by atoms with E-state index < -0.39 is 110 Å². The molecule has 1 saturated carbocycles. The lowest BCUT2D eigenvalue weighted by molar-refractivity contribution is -0.141. The quantitative estimate of drug-likeness (QED) is 0.0324. The van der Waals surface area contributed by atoms with Gasteiger partial charge in [0.1, 0.15) is 24.2 Å². The monoisotopic (exact) mass is 1160 g/mol. The number of nitrogens with one attached hydrogen (secondary N) is 6. The van der Waals surface area contributed by atoms with Crippen molar-refractivity contribution in [3.8, 4) is 0 Å². The number of amides is 11. The molecule has 0 aromatic heterocycles. The SMILES string of the molecule is C/C(=C\[C@H](C(C)C)N(C)C(=O)[C@@H](NC(=O)C(N(C)C(=O)O)C(C)(C)c1ccccc1)C(C)(C)C)C(=O)NS(=O)(=O)c1ccc(C2(NC(=O)[C@@H](CCCNC(N)=O)NC(=O)[C@H](NC(=O)CCCCCN3C(=O)C=CC3=O)C(C)C)CC2)cc1. The highest BCUT2D eigenvalue weighted by Gasteiger charge is 2.48. The number of rotatable bonds is 29. The number of carboxylic acid groups (broad SMARTS) is 1. The highest BCUT2D eigenvalue weighted by atomic mass is 32.2. The topological polar surface area (TPSA) is 333 Å². The molecule has 5 atom stereocenters. The van der Waals surface area contributed by atoms with E-state index in [-0.39, 0.29) is 60.6 Å². The lowest BCUT2D eigenvalue weighted by atomic mass is 9.76. The molecule has 82 heavy (non-hydrogen) atoms. The summed E-state index contributed by atoms with van der Waals surface area (Å²) in [7, 11) is -1.69. The summed E-state index contributed by atoms with van der Waals surface area (Å²) in [5.41, 5.74) is 3.58. The molecule has 1 heterocycles. The molecular formula is C58H84N10O13S. The van der Waals surface area contributed by atoms with Gasteiger partial charge in [0, 0.05) is 56.7 Å². The Balaban J connectivity index is 1.45. The molecule has 2 aromatic carbocycles. The third-order valence-electron chi connectivity index (χ3n) is 14.9. The molecule has 0 saturated heterocycles. The first-order chi connectivity index (χ1) is 38.1. The average Bonchev–Trinajstić information content (AvgIpc) is 3.66. The van der Waals surface area contributed by atoms with Crippen molar-refractivity contribution in [2.45, 2.75) is 167 Å². The zero-order valence-electron chi connectivity index (χ0n) is 49.2. The zero-order chi connectivity index (χ0) is 61.7. The predicted molar refractivity (Wildman–Crippen MR) is 306 cm³/mol. The Morgan fingerprint density at radius 2 is 1.37 bits per heavy atom. The summed E-state index contributed by atoms with van der Waals surface area (Å²) in [5.74, 6) is -5.28. The fourth-order valence-electron chi connectivity index (χ4n) is 9.79. The molecule has 4 rings (SSSR count). The first kappa shape index (κ1) is 66.9. The van der Waals surface area contributed by atoms with E-state index in [4.69, 9.17) is 5.73 Å². The number of nitrogens with two attached hydrogens (primary N) is 1. The molecule has 0 bridgehead atoms. The molecule has 0 radical (unpaired) electrons. The number of hydrogen-bond acceptors (Lipinski definition) is 12. The van der Waals surface area contributed by atoms with Gasteiger partial charge in [-0.3, -0.25) is 48.2 Å². The van der Waals surface area contributed by atoms with E-state index in [1.165, 1.54) is 68.4 Å². The third-order valence-corrected chi connectivity index (χ3v) is 16.3. The molecule has 2 aromatic rings. The van der Waals surface area contributed by atoms with Crippen LogP contribution in [-0.4, -0.2) is 145 Å². The number of primary amides is 1. The van der Waals surface area contributed by atoms with Crippen LogP contribution in [0.2, 0.25) is 0 Å². The summed E-state index contributed by atoms with van der Waals surface area (Å²) in [4.78, 5) is 134. The normalized spacial score (nSPS) is 16.1. The Hall–Kier alpha value is -7.63. The highest BCUT2D eigenvalue weighted by Crippen LogP contribution is 2.46. The minimum atomic E-state index is -4.49. The predicted octanol–water partition coefficient (Wildman–Crippen LogP) is 4.07. The van der Waals surface area contributed by atoms with Crippen LogP contribution in [0.4, 0.5) is 9.59 Å². The lowest BCUT2D eigenvalue weighted by Crippen LogP contribution is -2.62. The van der Waals surface area contributed by atoms with Gasteiger partial charge in [0.2, 0.25) is 29.5 Å². The number of carbonyl (C=O) groups excluding carboxylic acids is 9. The summed E-state index contributed by atoms with van der Waals surface area (Å²) in [6.07, 6.45) is 5.32. The van der Waals surface area contributed by atoms with Crippen molar-refractivity contribution in [3.63, 3.8) is 0 Å². The highest BCUT2D eigenvalue weighted by molar-refractivity contribution is 7.90. The van der Waals surface area contributed by atoms with Gasteiger partial charge in [-0.1, -0.05) is 117 Å². The summed E-state index contributed by atoms with van der Waals surface area (Å²) < 4.78 is 29.6. The molecule has 23 nitrogen and oxygen atoms in total. The van der Waals surface area contributed by atoms with Crippen LogP contribution in [0.3, 0.4) is 0 Å². The summed E-state index contributed by atoms with van der Waals surface area (Å²) in [6.45, 7) is 17.6. The standard InChI is InChI=1S/C58H84N10O13S/c1-35(2)42(66(11)53(76)47(56(6,7)8)63-52(75)48(67(12)55(78)79)57(9,10)38-20-15-13-16-21-38)34-37(5)49(72)65-82(80,81)40-26-24-39(25-27-40)58(30-31-58)64-50(73)41(22-19-32-60-54(59)77)61-51(74)46(36(3)4)62-43(69)23-17-14-18-33-68-44(70)28-29-45(68)71/h13,15-16,20-21,24-29,34-36,41-42,46-48H,14,17-19,22-23,30-33H2,1-12H3,(H,61,74)(H,62,69)(H,63,75)(H,64,73)(H,65,72)(H,78,79)(H3,59,60,77)/b37-34+/t41-,42-,46-,47-,48?/m1/s1. The van der Waals surface area contributed by atoms with Gasteiger partial charge in [0.05, 0.1) is 16.5 Å². The average molecular weight is 1160 g/mol. The van der Waals surface area contributed by atoms with Gasteiger partial charge in [-0.2, -0.15) is 0 Å². The maximum absolute atomic E-state index is 14.5. The van der Waals surface area contributed by atoms with Crippen molar-refractivity contribution < 1.29 is 61.5 Å². The Labute approximate surface area is 481 Å². The first-order valence-electron chi connectivity index (χ1n) is 27.6. The van der Waals surface area contributed by atoms with Crippen LogP contribution in [0, 0.1) is 17.3 Å². The van der Waals surface area contributed by atoms with E-state index in [1.807, 2.05) is 0 Å². The van der Waals surface area contributed by atoms with Crippen molar-refractivity contribution in [1.29, 1.82) is 0 Å². The third kappa shape index (κ3) is 17.9. The van der Waals surface area contributed by atoms with E-state index in [0.29, 0.717) is 43.2 Å². The molecule has 1 unspecified atom stereocenters. The van der Waals surface area contributed by atoms with E-state index >= 15 is 0 Å². The Kier molecular flexibility index (Phi) is 23.1. The largest absolute Gasteiger partial charge is 0.465 e. The molecule has 11 amide bonds. The summed E-state index contributed by atoms with van der Waals surface area (Å²) in [5, 5.41) is 23.9. The van der Waals surface area contributed by atoms with Crippen LogP contribution < -0.4 is 37.0 Å². The first-order valence-corrected chi connectivity index (χ1v) is 29.1. The summed E-state index contributed by atoms with van der Waals surface area (Å²) in [6, 6.07) is 8.40. The van der Waals surface area contributed by atoms with Gasteiger partial charge in [-0.05, 0) is 86.0 Å². The Bertz CT molecular complexity index is 2840. The van der Waals surface area contributed by atoms with Gasteiger partial charge in [-0.25, -0.2) is 22.7 Å². The molecule has 450 valence electrons. The number of benzene rings is 2. The molecule has 24 heteroatoms. The number of likely N-dealkylation sites (N-methyl/N-ethyl adjacent to an activating group) is 2. The van der Waals surface area contributed by atoms with Crippen molar-refractivity contribution >= 4 is 69.4 Å². The van der Waals surface area contributed by atoms with Crippen molar-refractivity contribution in [1.82, 2.24) is 46.0 Å². The van der Waals surface area contributed by atoms with E-state index in [9.17, 15) is 61.5 Å². The molecule has 1 aliphatic carbocycles. The molecule has 9 N–H and O–H groups in total. The second-order valence-corrected chi connectivity index (χ2v) is 25.2. The Morgan fingerprint density at radius 1 is 0.768 bits per heavy atom. The van der Waals surface area contributed by atoms with Crippen molar-refractivity contribution in [2.75, 3.05) is 27.2 Å². The Morgan fingerprint density at radius 3 is 1.89 bits per heavy atom. The second-order valence-electron chi connectivity index (χ2n) is 23.5. The second kappa shape index (κ2) is 28.4. The molecule has 1 aliphatic heterocycles. The number of carbonyl (C=O) groups is 10. The van der Waals surface area contributed by atoms with Gasteiger partial charge in [0.25, 0.3) is 27.7 Å². The van der Waals surface area contributed by atoms with Crippen LogP contribution in [0.25, 0.3) is 0 Å². The van der Waals surface area contributed by atoms with Gasteiger partial charge >= 0.3 is 12.1 Å². The van der Waals surface area contributed by atoms with E-state index in [1.54, 1.807) is 92.6 Å². The smallest absolute Gasteiger partial charge is 0.407 e. The van der Waals surface area contributed by atoms with Crippen LogP contribution in [0.1, 0.15) is 132 Å². The maximum Gasteiger partial charge on any atom is 0.407 e. The number of hydrogen-bond donors (Lipinski definition) is 8. The molecule has 2 aliphatic rings. The number of sulfonamides is 1. The number of imide groups is 1. The number of nitrogens with zero attached hydrogens (tertiary/aromatic N) is 3. The van der Waals surface area contributed by atoms with Crippen LogP contribution in [0.15, 0.2) is 83.3 Å². The van der Waals surface area contributed by atoms with Crippen molar-refractivity contribution in [3.05, 3.63) is 89.5 Å². The lowest BCUT2D eigenvalue weighted by Gasteiger charge is -2.41. The zero-order valence-corrected chi connectivity index (χ0v) is 50.0. The van der Waals surface area contributed by atoms with E-state index in [0.717, 1.165) is 9.80 Å². The van der Waals surface area contributed by atoms with Gasteiger partial charge in [-0.15, -0.1) is 0 Å². The van der Waals surface area contributed by atoms with Gasteiger partial charge < -0.3 is 42.3 Å². The van der Waals surface area contributed by atoms with Gasteiger partial charge in [0.15, 0.2) is 0 Å². The maximum atomic E-state index is 14.5. The fourth-order valence-corrected chi connectivity index (χ4v) is 10.8.